The van der Waals surface area contributed by atoms with Crippen LogP contribution < -0.4 is 0 Å². The number of nitrogens with zero attached hydrogens (tertiary/aromatic N) is 2. The highest BCUT2D eigenvalue weighted by Crippen LogP contribution is 2.35. The summed E-state index contributed by atoms with van der Waals surface area (Å²) in [5.41, 5.74) is 1.22. The summed E-state index contributed by atoms with van der Waals surface area (Å²) in [6, 6.07) is 14.9. The van der Waals surface area contributed by atoms with Gasteiger partial charge in [-0.3, -0.25) is 9.69 Å². The van der Waals surface area contributed by atoms with E-state index >= 15 is 0 Å². The summed E-state index contributed by atoms with van der Waals surface area (Å²) in [7, 11) is 0. The molecule has 1 aliphatic heterocycles. The summed E-state index contributed by atoms with van der Waals surface area (Å²) in [6.07, 6.45) is 2.60. The molecule has 2 aliphatic rings. The van der Waals surface area contributed by atoms with Crippen molar-refractivity contribution < 1.29 is 4.79 Å². The molecule has 2 fully saturated rings. The first-order chi connectivity index (χ1) is 11.2. The summed E-state index contributed by atoms with van der Waals surface area (Å²) in [6.45, 7) is 2.68. The van der Waals surface area contributed by atoms with Crippen molar-refractivity contribution in [2.75, 3.05) is 19.6 Å². The van der Waals surface area contributed by atoms with Crippen molar-refractivity contribution in [3.8, 4) is 0 Å². The molecule has 0 radical (unpaired) electrons. The summed E-state index contributed by atoms with van der Waals surface area (Å²) in [5, 5.41) is 0. The van der Waals surface area contributed by atoms with Crippen LogP contribution in [0.1, 0.15) is 34.1 Å². The molecule has 1 atom stereocenters. The molecule has 3 nitrogen and oxygen atoms in total. The Balaban J connectivity index is 1.62. The molecular formula is C18H19ClN2OS. The standard InChI is InChI=1S/C18H19ClN2OS/c19-17-9-8-16(23-17)18(22)21-11-10-20(14-6-7-14)12-15(21)13-4-2-1-3-5-13/h1-5,8-9,14-15H,6-7,10-12H2. The van der Waals surface area contributed by atoms with E-state index in [1.165, 1.54) is 29.7 Å². The lowest BCUT2D eigenvalue weighted by molar-refractivity contribution is 0.0437. The maximum Gasteiger partial charge on any atom is 0.264 e. The van der Waals surface area contributed by atoms with Gasteiger partial charge in [-0.15, -0.1) is 11.3 Å². The number of piperazine rings is 1. The van der Waals surface area contributed by atoms with Crippen LogP contribution in [0.4, 0.5) is 0 Å². The fourth-order valence-electron chi connectivity index (χ4n) is 3.35. The normalized spacial score (nSPS) is 22.3. The Morgan fingerprint density at radius 3 is 2.52 bits per heavy atom. The van der Waals surface area contributed by atoms with Gasteiger partial charge >= 0.3 is 0 Å². The zero-order chi connectivity index (χ0) is 15.8. The van der Waals surface area contributed by atoms with E-state index in [9.17, 15) is 4.79 Å². The number of carbonyl (C=O) groups excluding carboxylic acids is 1. The van der Waals surface area contributed by atoms with Gasteiger partial charge in [0.05, 0.1) is 15.3 Å². The fourth-order valence-corrected chi connectivity index (χ4v) is 4.35. The van der Waals surface area contributed by atoms with Gasteiger partial charge in [0.1, 0.15) is 0 Å². The average Bonchev–Trinajstić information content (AvgIpc) is 3.36. The van der Waals surface area contributed by atoms with Crippen molar-refractivity contribution in [3.63, 3.8) is 0 Å². The summed E-state index contributed by atoms with van der Waals surface area (Å²) in [4.78, 5) is 18.2. The number of hydrogen-bond acceptors (Lipinski definition) is 3. The van der Waals surface area contributed by atoms with Crippen LogP contribution in [0.25, 0.3) is 0 Å². The quantitative estimate of drug-likeness (QED) is 0.836. The molecule has 120 valence electrons. The Labute approximate surface area is 145 Å². The Bertz CT molecular complexity index is 698. The van der Waals surface area contributed by atoms with Gasteiger partial charge in [0, 0.05) is 25.7 Å². The maximum absolute atomic E-state index is 12.9. The van der Waals surface area contributed by atoms with Crippen molar-refractivity contribution in [3.05, 3.63) is 57.2 Å². The van der Waals surface area contributed by atoms with E-state index in [0.717, 1.165) is 30.6 Å². The van der Waals surface area contributed by atoms with Crippen molar-refractivity contribution in [2.24, 2.45) is 0 Å². The van der Waals surface area contributed by atoms with Crippen molar-refractivity contribution in [1.29, 1.82) is 0 Å². The van der Waals surface area contributed by atoms with Gasteiger partial charge in [0.15, 0.2) is 0 Å². The Morgan fingerprint density at radius 1 is 1.09 bits per heavy atom. The molecule has 5 heteroatoms. The van der Waals surface area contributed by atoms with E-state index < -0.39 is 0 Å². The molecule has 1 aromatic heterocycles. The Hall–Kier alpha value is -1.36. The monoisotopic (exact) mass is 346 g/mol. The minimum absolute atomic E-state index is 0.103. The maximum atomic E-state index is 12.9. The van der Waals surface area contributed by atoms with Gasteiger partial charge in [-0.2, -0.15) is 0 Å². The van der Waals surface area contributed by atoms with E-state index in [4.69, 9.17) is 11.6 Å². The first-order valence-electron chi connectivity index (χ1n) is 8.07. The molecule has 4 rings (SSSR count). The first kappa shape index (κ1) is 15.2. The lowest BCUT2D eigenvalue weighted by Crippen LogP contribution is -2.51. The van der Waals surface area contributed by atoms with Crippen LogP contribution in [0.3, 0.4) is 0 Å². The number of rotatable bonds is 3. The minimum atomic E-state index is 0.103. The average molecular weight is 347 g/mol. The molecule has 0 N–H and O–H groups in total. The van der Waals surface area contributed by atoms with E-state index in [1.54, 1.807) is 6.07 Å². The third-order valence-electron chi connectivity index (χ3n) is 4.70. The van der Waals surface area contributed by atoms with Crippen molar-refractivity contribution >= 4 is 28.8 Å². The lowest BCUT2D eigenvalue weighted by Gasteiger charge is -2.41. The van der Waals surface area contributed by atoms with E-state index in [2.05, 4.69) is 29.2 Å². The van der Waals surface area contributed by atoms with Crippen LogP contribution in [0.5, 0.6) is 0 Å². The predicted octanol–water partition coefficient (Wildman–Crippen LogP) is 4.06. The smallest absolute Gasteiger partial charge is 0.264 e. The Morgan fingerprint density at radius 2 is 1.87 bits per heavy atom. The zero-order valence-electron chi connectivity index (χ0n) is 12.8. The third kappa shape index (κ3) is 3.16. The minimum Gasteiger partial charge on any atom is -0.328 e. The SMILES string of the molecule is O=C(c1ccc(Cl)s1)N1CCN(C2CC2)CC1c1ccccc1. The molecule has 1 amide bonds. The van der Waals surface area contributed by atoms with E-state index in [0.29, 0.717) is 4.34 Å². The number of hydrogen-bond donors (Lipinski definition) is 0. The predicted molar refractivity (Wildman–Crippen MR) is 94.1 cm³/mol. The van der Waals surface area contributed by atoms with Crippen LogP contribution in [0.2, 0.25) is 4.34 Å². The van der Waals surface area contributed by atoms with Crippen LogP contribution in [-0.2, 0) is 0 Å². The number of benzene rings is 1. The van der Waals surface area contributed by atoms with Gasteiger partial charge in [-0.25, -0.2) is 0 Å². The van der Waals surface area contributed by atoms with Crippen molar-refractivity contribution in [1.82, 2.24) is 9.80 Å². The first-order valence-corrected chi connectivity index (χ1v) is 9.27. The molecule has 1 aliphatic carbocycles. The highest BCUT2D eigenvalue weighted by atomic mass is 35.5. The summed E-state index contributed by atoms with van der Waals surface area (Å²) < 4.78 is 0.668. The van der Waals surface area contributed by atoms with Gasteiger partial charge in [0.2, 0.25) is 0 Å². The zero-order valence-corrected chi connectivity index (χ0v) is 14.4. The number of halogens is 1. The van der Waals surface area contributed by atoms with Crippen LogP contribution >= 0.6 is 22.9 Å². The highest BCUT2D eigenvalue weighted by molar-refractivity contribution is 7.17. The molecule has 2 aromatic rings. The third-order valence-corrected chi connectivity index (χ3v) is 5.92. The van der Waals surface area contributed by atoms with Gasteiger partial charge in [0.25, 0.3) is 5.91 Å². The number of carbonyl (C=O) groups is 1. The molecular weight excluding hydrogens is 328 g/mol. The molecule has 23 heavy (non-hydrogen) atoms. The summed E-state index contributed by atoms with van der Waals surface area (Å²) in [5.74, 6) is 0.103. The topological polar surface area (TPSA) is 23.6 Å². The molecule has 0 bridgehead atoms. The second-order valence-electron chi connectivity index (χ2n) is 6.25. The molecule has 1 aromatic carbocycles. The molecule has 1 saturated carbocycles. The second-order valence-corrected chi connectivity index (χ2v) is 7.97. The van der Waals surface area contributed by atoms with Crippen molar-refractivity contribution in [2.45, 2.75) is 24.9 Å². The number of amides is 1. The largest absolute Gasteiger partial charge is 0.328 e. The fraction of sp³-hybridized carbons (Fsp3) is 0.389. The van der Waals surface area contributed by atoms with Gasteiger partial charge in [-0.05, 0) is 30.5 Å². The number of thiophene rings is 1. The van der Waals surface area contributed by atoms with Gasteiger partial charge < -0.3 is 4.90 Å². The highest BCUT2D eigenvalue weighted by Gasteiger charge is 2.38. The van der Waals surface area contributed by atoms with E-state index in [1.807, 2.05) is 17.0 Å². The lowest BCUT2D eigenvalue weighted by atomic mass is 10.0. The van der Waals surface area contributed by atoms with Gasteiger partial charge in [-0.1, -0.05) is 41.9 Å². The molecule has 0 spiro atoms. The van der Waals surface area contributed by atoms with E-state index in [-0.39, 0.29) is 11.9 Å². The summed E-state index contributed by atoms with van der Waals surface area (Å²) >= 11 is 7.38. The Kier molecular flexibility index (Phi) is 4.14. The second kappa shape index (κ2) is 6.27. The van der Waals surface area contributed by atoms with Crippen LogP contribution in [-0.4, -0.2) is 41.4 Å². The molecule has 2 heterocycles. The molecule has 1 unspecified atom stereocenters. The van der Waals surface area contributed by atoms with Crippen LogP contribution in [0.15, 0.2) is 42.5 Å². The molecule has 1 saturated heterocycles. The van der Waals surface area contributed by atoms with Crippen LogP contribution in [0, 0.1) is 0 Å².